The predicted octanol–water partition coefficient (Wildman–Crippen LogP) is -7.65. The summed E-state index contributed by atoms with van der Waals surface area (Å²) in [5, 5.41) is 100. The second-order valence-corrected chi connectivity index (χ2v) is 9.29. The van der Waals surface area contributed by atoms with E-state index in [1.807, 2.05) is 0 Å². The Labute approximate surface area is 210 Å². The van der Waals surface area contributed by atoms with Gasteiger partial charge in [-0.1, -0.05) is 0 Å². The summed E-state index contributed by atoms with van der Waals surface area (Å²) < 4.78 is 26.7. The van der Waals surface area contributed by atoms with Gasteiger partial charge in [0.05, 0.1) is 19.8 Å². The van der Waals surface area contributed by atoms with E-state index in [4.69, 9.17) is 29.4 Å². The van der Waals surface area contributed by atoms with Gasteiger partial charge < -0.3 is 80.5 Å². The normalized spacial score (nSPS) is 51.1. The van der Waals surface area contributed by atoms with Crippen LogP contribution in [0.25, 0.3) is 0 Å². The molecular weight excluding hydrogens is 510 g/mol. The van der Waals surface area contributed by atoms with Gasteiger partial charge in [0.2, 0.25) is 0 Å². The van der Waals surface area contributed by atoms with Crippen LogP contribution in [0, 0.1) is 0 Å². The van der Waals surface area contributed by atoms with E-state index < -0.39 is 117 Å². The Hall–Kier alpha value is -0.970. The van der Waals surface area contributed by atoms with Crippen molar-refractivity contribution in [3.8, 4) is 0 Å². The zero-order chi connectivity index (χ0) is 27.8. The van der Waals surface area contributed by atoms with Gasteiger partial charge in [0, 0.05) is 0 Å². The van der Waals surface area contributed by atoms with E-state index >= 15 is 0 Å². The molecule has 3 heterocycles. The molecule has 17 nitrogen and oxygen atoms in total. The number of carbonyl (C=O) groups excluding carboxylic acids is 1. The number of carbonyl (C=O) groups is 1. The van der Waals surface area contributed by atoms with Gasteiger partial charge in [0.25, 0.3) is 0 Å². The van der Waals surface area contributed by atoms with Crippen LogP contribution in [0.2, 0.25) is 0 Å². The molecule has 0 amide bonds. The summed E-state index contributed by atoms with van der Waals surface area (Å²) in [6.45, 7) is -1.24. The molecule has 0 radical (unpaired) electrons. The number of hydrogen-bond donors (Lipinski definition) is 11. The first-order valence-electron chi connectivity index (χ1n) is 11.5. The molecule has 0 aliphatic carbocycles. The lowest BCUT2D eigenvalue weighted by atomic mass is 9.81. The van der Waals surface area contributed by atoms with E-state index in [2.05, 4.69) is 0 Å². The maximum Gasteiger partial charge on any atom is 0.187 e. The topological polar surface area (TPSA) is 292 Å². The molecule has 3 rings (SSSR count). The van der Waals surface area contributed by atoms with Crippen molar-refractivity contribution in [2.75, 3.05) is 19.8 Å². The molecule has 0 aromatic carbocycles. The van der Waals surface area contributed by atoms with Gasteiger partial charge in [-0.15, -0.1) is 0 Å². The molecule has 3 aliphatic heterocycles. The van der Waals surface area contributed by atoms with Crippen LogP contribution in [0.15, 0.2) is 0 Å². The Morgan fingerprint density at radius 1 is 0.784 bits per heavy atom. The van der Waals surface area contributed by atoms with Crippen LogP contribution in [0.1, 0.15) is 6.92 Å². The highest BCUT2D eigenvalue weighted by Gasteiger charge is 2.58. The number of Topliss-reactive ketones (excluding diaryl/α,β-unsaturated/α-hetero) is 1. The lowest BCUT2D eigenvalue weighted by Gasteiger charge is -2.48. The Bertz CT molecular complexity index is 775. The molecule has 216 valence electrons. The van der Waals surface area contributed by atoms with E-state index in [1.165, 1.54) is 0 Å². The monoisotopic (exact) mass is 545 g/mol. The first-order valence-corrected chi connectivity index (χ1v) is 11.5. The average Bonchev–Trinajstić information content (AvgIpc) is 2.87. The van der Waals surface area contributed by atoms with Crippen molar-refractivity contribution in [2.45, 2.75) is 98.5 Å². The van der Waals surface area contributed by atoms with Crippen molar-refractivity contribution in [2.24, 2.45) is 5.73 Å². The third kappa shape index (κ3) is 5.68. The Kier molecular flexibility index (Phi) is 9.95. The maximum absolute atomic E-state index is 12.2. The molecule has 17 heteroatoms. The van der Waals surface area contributed by atoms with E-state index in [-0.39, 0.29) is 0 Å². The van der Waals surface area contributed by atoms with Crippen molar-refractivity contribution < 1.29 is 79.5 Å². The lowest BCUT2D eigenvalue weighted by molar-refractivity contribution is -0.360. The number of hydrogen-bond acceptors (Lipinski definition) is 17. The minimum absolute atomic E-state index is 0.697. The quantitative estimate of drug-likeness (QED) is 0.135. The number of ketones is 1. The molecule has 0 bridgehead atoms. The number of ether oxygens (including phenoxy) is 5. The van der Waals surface area contributed by atoms with Crippen molar-refractivity contribution in [1.82, 2.24) is 0 Å². The summed E-state index contributed by atoms with van der Waals surface area (Å²) in [6.07, 6.45) is -24.2. The fourth-order valence-corrected chi connectivity index (χ4v) is 4.42. The van der Waals surface area contributed by atoms with Gasteiger partial charge in [-0.05, 0) is 6.92 Å². The van der Waals surface area contributed by atoms with Crippen LogP contribution < -0.4 is 5.73 Å². The molecular formula is C20H35NO16. The van der Waals surface area contributed by atoms with Crippen LogP contribution in [0.4, 0.5) is 0 Å². The highest BCUT2D eigenvalue weighted by molar-refractivity contribution is 5.87. The van der Waals surface area contributed by atoms with Crippen LogP contribution >= 0.6 is 0 Å². The van der Waals surface area contributed by atoms with Crippen LogP contribution in [0.3, 0.4) is 0 Å². The molecule has 15 atom stereocenters. The smallest absolute Gasteiger partial charge is 0.187 e. The SMILES string of the molecule is CC(=O)[C@]1(N)C(OC[C@H]2O[C@@H](O[C@H]3[C@H](O)[C@@H](O)[C@@H](O)O[C@@H]3CO)[C@H](O)[C@@H](O)[C@H]2O)O[C@H](CO)[C@@H](O)[C@@H]1O. The van der Waals surface area contributed by atoms with Gasteiger partial charge >= 0.3 is 0 Å². The number of rotatable bonds is 8. The van der Waals surface area contributed by atoms with Crippen LogP contribution in [0.5, 0.6) is 0 Å². The molecule has 3 fully saturated rings. The molecule has 0 aromatic heterocycles. The number of aliphatic hydroxyl groups excluding tert-OH is 10. The minimum atomic E-state index is -2.30. The van der Waals surface area contributed by atoms with E-state index in [0.717, 1.165) is 6.92 Å². The summed E-state index contributed by atoms with van der Waals surface area (Å²) >= 11 is 0. The van der Waals surface area contributed by atoms with Gasteiger partial charge in [-0.25, -0.2) is 0 Å². The molecule has 3 saturated heterocycles. The predicted molar refractivity (Wildman–Crippen MR) is 113 cm³/mol. The fraction of sp³-hybridized carbons (Fsp3) is 0.950. The van der Waals surface area contributed by atoms with Crippen molar-refractivity contribution >= 4 is 5.78 Å². The lowest BCUT2D eigenvalue weighted by Crippen LogP contribution is -2.74. The second-order valence-electron chi connectivity index (χ2n) is 9.29. The van der Waals surface area contributed by atoms with E-state index in [1.54, 1.807) is 0 Å². The van der Waals surface area contributed by atoms with Crippen LogP contribution in [-0.2, 0) is 28.5 Å². The highest BCUT2D eigenvalue weighted by atomic mass is 16.7. The zero-order valence-electron chi connectivity index (χ0n) is 19.7. The summed E-state index contributed by atoms with van der Waals surface area (Å²) in [6, 6.07) is 0. The largest absolute Gasteiger partial charge is 0.394 e. The number of nitrogens with two attached hydrogens (primary N) is 1. The summed E-state index contributed by atoms with van der Waals surface area (Å²) in [5.74, 6) is -0.843. The standard InChI is InChI=1S/C20H35NO16/c1-5(24)20(21)16(31)10(26)6(2-22)36-19(20)33-4-8-9(25)11(27)14(30)18(35-8)37-15-7(3-23)34-17(32)13(29)12(15)28/h6-19,22-23,25-32H,2-4,21H2,1H3/t6-,7-,8-,9+,10-,11+,12-,13-,14-,15-,16+,17+,18+,19?,20-/m1/s1. The Morgan fingerprint density at radius 2 is 1.41 bits per heavy atom. The summed E-state index contributed by atoms with van der Waals surface area (Å²) in [7, 11) is 0. The van der Waals surface area contributed by atoms with Crippen molar-refractivity contribution in [3.63, 3.8) is 0 Å². The maximum atomic E-state index is 12.2. The van der Waals surface area contributed by atoms with Crippen molar-refractivity contribution in [3.05, 3.63) is 0 Å². The van der Waals surface area contributed by atoms with Gasteiger partial charge in [-0.3, -0.25) is 4.79 Å². The molecule has 1 unspecified atom stereocenters. The third-order valence-corrected chi connectivity index (χ3v) is 6.88. The van der Waals surface area contributed by atoms with E-state index in [9.17, 15) is 55.9 Å². The third-order valence-electron chi connectivity index (χ3n) is 6.88. The molecule has 0 saturated carbocycles. The van der Waals surface area contributed by atoms with Crippen LogP contribution in [-0.4, -0.2) is 168 Å². The Balaban J connectivity index is 1.75. The fourth-order valence-electron chi connectivity index (χ4n) is 4.42. The van der Waals surface area contributed by atoms with Gasteiger partial charge in [-0.2, -0.15) is 0 Å². The molecule has 0 aromatic rings. The summed E-state index contributed by atoms with van der Waals surface area (Å²) in [5.41, 5.74) is 3.70. The average molecular weight is 545 g/mol. The molecule has 12 N–H and O–H groups in total. The molecule has 0 spiro atoms. The zero-order valence-corrected chi connectivity index (χ0v) is 19.7. The van der Waals surface area contributed by atoms with Gasteiger partial charge in [0.15, 0.2) is 30.2 Å². The minimum Gasteiger partial charge on any atom is -0.394 e. The van der Waals surface area contributed by atoms with Crippen molar-refractivity contribution in [1.29, 1.82) is 0 Å². The first kappa shape index (κ1) is 30.6. The second kappa shape index (κ2) is 12.0. The summed E-state index contributed by atoms with van der Waals surface area (Å²) in [4.78, 5) is 12.2. The molecule has 3 aliphatic rings. The number of aliphatic hydroxyl groups is 10. The highest BCUT2D eigenvalue weighted by Crippen LogP contribution is 2.32. The van der Waals surface area contributed by atoms with E-state index in [0.29, 0.717) is 0 Å². The molecule has 37 heavy (non-hydrogen) atoms. The first-order chi connectivity index (χ1) is 17.3. The Morgan fingerprint density at radius 3 is 1.97 bits per heavy atom. The van der Waals surface area contributed by atoms with Gasteiger partial charge in [0.1, 0.15) is 67.1 Å².